The monoisotopic (exact) mass is 320 g/mol. The normalized spacial score (nSPS) is 11.5. The van der Waals surface area contributed by atoms with Crippen molar-refractivity contribution in [3.8, 4) is 17.1 Å². The molecule has 0 saturated heterocycles. The molecule has 0 saturated carbocycles. The first kappa shape index (κ1) is 14.6. The SMILES string of the molecule is CC(C)Oc1ccc2c(=O)c(-c3cc4ccccc4o3)coc2c1. The highest BCUT2D eigenvalue weighted by Crippen LogP contribution is 2.28. The Bertz CT molecular complexity index is 1050. The summed E-state index contributed by atoms with van der Waals surface area (Å²) in [5.74, 6) is 1.19. The van der Waals surface area contributed by atoms with Crippen LogP contribution < -0.4 is 10.2 Å². The molecule has 0 aliphatic rings. The summed E-state index contributed by atoms with van der Waals surface area (Å²) < 4.78 is 17.1. The number of hydrogen-bond donors (Lipinski definition) is 0. The fraction of sp³-hybridized carbons (Fsp3) is 0.150. The van der Waals surface area contributed by atoms with Crippen molar-refractivity contribution in [3.63, 3.8) is 0 Å². The molecule has 0 amide bonds. The second kappa shape index (κ2) is 5.57. The molecule has 0 unspecified atom stereocenters. The Morgan fingerprint density at radius 2 is 1.83 bits per heavy atom. The van der Waals surface area contributed by atoms with Gasteiger partial charge in [0, 0.05) is 11.5 Å². The van der Waals surface area contributed by atoms with E-state index >= 15 is 0 Å². The van der Waals surface area contributed by atoms with E-state index in [0.29, 0.717) is 28.0 Å². The highest BCUT2D eigenvalue weighted by Gasteiger charge is 2.14. The van der Waals surface area contributed by atoms with Crippen molar-refractivity contribution in [2.75, 3.05) is 0 Å². The van der Waals surface area contributed by atoms with Gasteiger partial charge in [-0.3, -0.25) is 4.79 Å². The molecule has 0 N–H and O–H groups in total. The highest BCUT2D eigenvalue weighted by atomic mass is 16.5. The fourth-order valence-electron chi connectivity index (χ4n) is 2.74. The van der Waals surface area contributed by atoms with Gasteiger partial charge in [-0.25, -0.2) is 0 Å². The topological polar surface area (TPSA) is 52.6 Å². The van der Waals surface area contributed by atoms with E-state index in [1.54, 1.807) is 18.2 Å². The van der Waals surface area contributed by atoms with Crippen molar-refractivity contribution in [1.29, 1.82) is 0 Å². The Hall–Kier alpha value is -3.01. The molecule has 120 valence electrons. The van der Waals surface area contributed by atoms with Gasteiger partial charge >= 0.3 is 0 Å². The third-order valence-corrected chi connectivity index (χ3v) is 3.81. The van der Waals surface area contributed by atoms with Crippen LogP contribution in [0.5, 0.6) is 5.75 Å². The third kappa shape index (κ3) is 2.46. The summed E-state index contributed by atoms with van der Waals surface area (Å²) in [4.78, 5) is 12.8. The van der Waals surface area contributed by atoms with Crippen molar-refractivity contribution in [3.05, 3.63) is 65.0 Å². The summed E-state index contributed by atoms with van der Waals surface area (Å²) in [5.41, 5.74) is 1.54. The zero-order valence-corrected chi connectivity index (χ0v) is 13.4. The predicted molar refractivity (Wildman–Crippen MR) is 93.5 cm³/mol. The first-order valence-corrected chi connectivity index (χ1v) is 7.83. The molecule has 2 aromatic carbocycles. The molecule has 0 spiro atoms. The zero-order valence-electron chi connectivity index (χ0n) is 13.4. The molecular weight excluding hydrogens is 304 g/mol. The Balaban J connectivity index is 1.85. The molecule has 0 radical (unpaired) electrons. The van der Waals surface area contributed by atoms with Crippen molar-refractivity contribution >= 4 is 21.9 Å². The number of rotatable bonds is 3. The van der Waals surface area contributed by atoms with Crippen molar-refractivity contribution in [1.82, 2.24) is 0 Å². The number of fused-ring (bicyclic) bond motifs is 2. The lowest BCUT2D eigenvalue weighted by Crippen LogP contribution is -2.07. The van der Waals surface area contributed by atoms with Crippen LogP contribution >= 0.6 is 0 Å². The van der Waals surface area contributed by atoms with Crippen LogP contribution in [0.1, 0.15) is 13.8 Å². The van der Waals surface area contributed by atoms with Gasteiger partial charge < -0.3 is 13.6 Å². The van der Waals surface area contributed by atoms with Crippen LogP contribution in [-0.2, 0) is 0 Å². The quantitative estimate of drug-likeness (QED) is 0.533. The molecule has 0 bridgehead atoms. The summed E-state index contributed by atoms with van der Waals surface area (Å²) in [5, 5.41) is 1.46. The minimum atomic E-state index is -0.119. The molecule has 2 heterocycles. The molecule has 0 atom stereocenters. The lowest BCUT2D eigenvalue weighted by Gasteiger charge is -2.09. The number of ether oxygens (including phenoxy) is 1. The van der Waals surface area contributed by atoms with Gasteiger partial charge in [0.25, 0.3) is 0 Å². The molecule has 24 heavy (non-hydrogen) atoms. The number of hydrogen-bond acceptors (Lipinski definition) is 4. The van der Waals surface area contributed by atoms with E-state index in [2.05, 4.69) is 0 Å². The Morgan fingerprint density at radius 3 is 2.62 bits per heavy atom. The van der Waals surface area contributed by atoms with Gasteiger partial charge in [-0.1, -0.05) is 18.2 Å². The average molecular weight is 320 g/mol. The van der Waals surface area contributed by atoms with Crippen molar-refractivity contribution in [2.45, 2.75) is 20.0 Å². The summed E-state index contributed by atoms with van der Waals surface area (Å²) >= 11 is 0. The van der Waals surface area contributed by atoms with Crippen LogP contribution in [0.3, 0.4) is 0 Å². The average Bonchev–Trinajstić information content (AvgIpc) is 2.98. The first-order chi connectivity index (χ1) is 11.6. The summed E-state index contributed by atoms with van der Waals surface area (Å²) in [7, 11) is 0. The molecule has 2 aromatic heterocycles. The number of furan rings is 1. The van der Waals surface area contributed by atoms with Crippen LogP contribution in [0.15, 0.2) is 68.4 Å². The minimum absolute atomic E-state index is 0.0593. The minimum Gasteiger partial charge on any atom is -0.491 e. The summed E-state index contributed by atoms with van der Waals surface area (Å²) in [6, 6.07) is 14.7. The zero-order chi connectivity index (χ0) is 16.7. The molecule has 0 aliphatic heterocycles. The molecule has 0 fully saturated rings. The first-order valence-electron chi connectivity index (χ1n) is 7.83. The molecule has 0 aliphatic carbocycles. The maximum atomic E-state index is 12.8. The predicted octanol–water partition coefficient (Wildman–Crippen LogP) is 4.99. The number of para-hydroxylation sites is 1. The van der Waals surface area contributed by atoms with Gasteiger partial charge in [0.05, 0.1) is 11.5 Å². The van der Waals surface area contributed by atoms with E-state index in [9.17, 15) is 4.79 Å². The summed E-state index contributed by atoms with van der Waals surface area (Å²) in [6.07, 6.45) is 1.51. The fourth-order valence-corrected chi connectivity index (χ4v) is 2.74. The van der Waals surface area contributed by atoms with Gasteiger partial charge in [-0.05, 0) is 38.1 Å². The molecule has 4 aromatic rings. The maximum Gasteiger partial charge on any atom is 0.203 e. The van der Waals surface area contributed by atoms with Crippen LogP contribution in [-0.4, -0.2) is 6.10 Å². The van der Waals surface area contributed by atoms with E-state index in [1.807, 2.05) is 44.2 Å². The van der Waals surface area contributed by atoms with Gasteiger partial charge in [-0.2, -0.15) is 0 Å². The van der Waals surface area contributed by atoms with E-state index in [1.165, 1.54) is 6.26 Å². The smallest absolute Gasteiger partial charge is 0.203 e. The lowest BCUT2D eigenvalue weighted by molar-refractivity contribution is 0.242. The molecular formula is C20H16O4. The van der Waals surface area contributed by atoms with E-state index in [0.717, 1.165) is 11.0 Å². The third-order valence-electron chi connectivity index (χ3n) is 3.81. The van der Waals surface area contributed by atoms with Gasteiger partial charge in [0.15, 0.2) is 0 Å². The second-order valence-corrected chi connectivity index (χ2v) is 5.95. The highest BCUT2D eigenvalue weighted by molar-refractivity contribution is 5.86. The van der Waals surface area contributed by atoms with Crippen LogP contribution in [0, 0.1) is 0 Å². The van der Waals surface area contributed by atoms with Crippen molar-refractivity contribution in [2.24, 2.45) is 0 Å². The van der Waals surface area contributed by atoms with Gasteiger partial charge in [0.1, 0.15) is 34.5 Å². The second-order valence-electron chi connectivity index (χ2n) is 5.95. The van der Waals surface area contributed by atoms with E-state index in [4.69, 9.17) is 13.6 Å². The van der Waals surface area contributed by atoms with Crippen molar-refractivity contribution < 1.29 is 13.6 Å². The summed E-state index contributed by atoms with van der Waals surface area (Å²) in [6.45, 7) is 3.90. The maximum absolute atomic E-state index is 12.8. The van der Waals surface area contributed by atoms with E-state index in [-0.39, 0.29) is 11.5 Å². The Morgan fingerprint density at radius 1 is 1.00 bits per heavy atom. The Kier molecular flexibility index (Phi) is 3.38. The van der Waals surface area contributed by atoms with Crippen LogP contribution in [0.25, 0.3) is 33.3 Å². The molecule has 4 nitrogen and oxygen atoms in total. The van der Waals surface area contributed by atoms with Gasteiger partial charge in [0.2, 0.25) is 5.43 Å². The van der Waals surface area contributed by atoms with Crippen LogP contribution in [0.2, 0.25) is 0 Å². The van der Waals surface area contributed by atoms with Crippen LogP contribution in [0.4, 0.5) is 0 Å². The molecule has 4 heteroatoms. The molecule has 4 rings (SSSR count). The lowest BCUT2D eigenvalue weighted by atomic mass is 10.1. The Labute approximate surface area is 138 Å². The van der Waals surface area contributed by atoms with E-state index < -0.39 is 0 Å². The van der Waals surface area contributed by atoms with Gasteiger partial charge in [-0.15, -0.1) is 0 Å². The largest absolute Gasteiger partial charge is 0.491 e. The number of benzene rings is 2. The standard InChI is InChI=1S/C20H16O4/c1-12(2)23-14-7-8-15-18(10-14)22-11-16(20(15)21)19-9-13-5-3-4-6-17(13)24-19/h3-12H,1-2H3.